The van der Waals surface area contributed by atoms with E-state index in [9.17, 15) is 9.18 Å². The molecule has 0 saturated heterocycles. The van der Waals surface area contributed by atoms with Gasteiger partial charge in [-0.1, -0.05) is 59.5 Å². The van der Waals surface area contributed by atoms with Gasteiger partial charge in [-0.3, -0.25) is 4.79 Å². The van der Waals surface area contributed by atoms with E-state index in [-0.39, 0.29) is 11.6 Å². The molecule has 3 aromatic carbocycles. The number of hydrogen-bond donors (Lipinski definition) is 1. The van der Waals surface area contributed by atoms with Gasteiger partial charge >= 0.3 is 0 Å². The third kappa shape index (κ3) is 4.32. The number of hydrogen-bond acceptors (Lipinski definition) is 6. The number of Topliss-reactive ketones (excluding diaryl/α,β-unsaturated/α-hetero) is 1. The van der Waals surface area contributed by atoms with E-state index >= 15 is 0 Å². The van der Waals surface area contributed by atoms with Crippen molar-refractivity contribution in [2.24, 2.45) is 0 Å². The quantitative estimate of drug-likeness (QED) is 0.343. The summed E-state index contributed by atoms with van der Waals surface area (Å²) in [5, 5.41) is 14.0. The van der Waals surface area contributed by atoms with Gasteiger partial charge in [-0.15, -0.1) is 10.2 Å². The van der Waals surface area contributed by atoms with E-state index in [4.69, 9.17) is 0 Å². The van der Waals surface area contributed by atoms with Crippen LogP contribution in [0.4, 0.5) is 15.2 Å². The van der Waals surface area contributed by atoms with Gasteiger partial charge in [0.2, 0.25) is 5.13 Å². The number of carbonyl (C=O) groups is 1. The van der Waals surface area contributed by atoms with Crippen LogP contribution in [-0.4, -0.2) is 21.7 Å². The van der Waals surface area contributed by atoms with Gasteiger partial charge in [0.05, 0.1) is 5.75 Å². The Labute approximate surface area is 163 Å². The second-order valence-corrected chi connectivity index (χ2v) is 7.98. The maximum Gasteiger partial charge on any atom is 0.210 e. The maximum absolute atomic E-state index is 12.9. The van der Waals surface area contributed by atoms with E-state index in [0.29, 0.717) is 20.8 Å². The normalized spacial score (nSPS) is 10.9. The molecule has 0 spiro atoms. The summed E-state index contributed by atoms with van der Waals surface area (Å²) >= 11 is 2.71. The molecule has 0 unspecified atom stereocenters. The first kappa shape index (κ1) is 17.6. The second-order valence-electron chi connectivity index (χ2n) is 5.78. The molecule has 0 radical (unpaired) electrons. The summed E-state index contributed by atoms with van der Waals surface area (Å²) < 4.78 is 13.6. The molecule has 0 fully saturated rings. The van der Waals surface area contributed by atoms with Gasteiger partial charge < -0.3 is 5.32 Å². The molecule has 1 aromatic heterocycles. The fraction of sp³-hybridized carbons (Fsp3) is 0.0500. The second kappa shape index (κ2) is 7.85. The summed E-state index contributed by atoms with van der Waals surface area (Å²) in [6, 6.07) is 19.7. The number of halogens is 1. The number of benzene rings is 3. The Hall–Kier alpha value is -2.77. The topological polar surface area (TPSA) is 54.9 Å². The predicted molar refractivity (Wildman–Crippen MR) is 109 cm³/mol. The van der Waals surface area contributed by atoms with Crippen molar-refractivity contribution in [1.29, 1.82) is 0 Å². The van der Waals surface area contributed by atoms with Gasteiger partial charge in [-0.05, 0) is 41.1 Å². The highest BCUT2D eigenvalue weighted by Crippen LogP contribution is 2.28. The number of nitrogens with one attached hydrogen (secondary N) is 1. The Morgan fingerprint density at radius 3 is 2.59 bits per heavy atom. The number of nitrogens with zero attached hydrogens (tertiary/aromatic N) is 2. The molecule has 0 atom stereocenters. The van der Waals surface area contributed by atoms with E-state index in [1.165, 1.54) is 35.2 Å². The molecule has 0 aliphatic carbocycles. The maximum atomic E-state index is 12.9. The van der Waals surface area contributed by atoms with E-state index < -0.39 is 0 Å². The minimum Gasteiger partial charge on any atom is -0.330 e. The molecule has 1 N–H and O–H groups in total. The summed E-state index contributed by atoms with van der Waals surface area (Å²) in [5.41, 5.74) is 1.42. The fourth-order valence-electron chi connectivity index (χ4n) is 2.55. The Kier molecular flexibility index (Phi) is 5.13. The van der Waals surface area contributed by atoms with Crippen LogP contribution in [0.15, 0.2) is 71.1 Å². The van der Waals surface area contributed by atoms with Crippen LogP contribution in [0.3, 0.4) is 0 Å². The number of anilines is 2. The Balaban J connectivity index is 1.38. The zero-order valence-corrected chi connectivity index (χ0v) is 15.7. The van der Waals surface area contributed by atoms with Gasteiger partial charge in [0, 0.05) is 11.3 Å². The fourth-order valence-corrected chi connectivity index (χ4v) is 4.22. The molecule has 0 aliphatic rings. The van der Waals surface area contributed by atoms with Crippen LogP contribution in [-0.2, 0) is 0 Å². The van der Waals surface area contributed by atoms with Gasteiger partial charge in [0.25, 0.3) is 0 Å². The van der Waals surface area contributed by atoms with Crippen molar-refractivity contribution >= 4 is 50.5 Å². The smallest absolute Gasteiger partial charge is 0.210 e. The van der Waals surface area contributed by atoms with Crippen LogP contribution in [0, 0.1) is 5.82 Å². The monoisotopic (exact) mass is 395 g/mol. The molecule has 4 aromatic rings. The van der Waals surface area contributed by atoms with Crippen molar-refractivity contribution < 1.29 is 9.18 Å². The van der Waals surface area contributed by atoms with Crippen molar-refractivity contribution in [3.8, 4) is 0 Å². The van der Waals surface area contributed by atoms with E-state index in [0.717, 1.165) is 16.5 Å². The lowest BCUT2D eigenvalue weighted by Crippen LogP contribution is -2.02. The first-order chi connectivity index (χ1) is 13.2. The molecule has 0 bridgehead atoms. The Morgan fingerprint density at radius 1 is 1.00 bits per heavy atom. The molecule has 1 heterocycles. The highest BCUT2D eigenvalue weighted by atomic mass is 32.2. The molecule has 134 valence electrons. The highest BCUT2D eigenvalue weighted by Gasteiger charge is 2.11. The van der Waals surface area contributed by atoms with Gasteiger partial charge in [0.15, 0.2) is 10.1 Å². The third-order valence-electron chi connectivity index (χ3n) is 3.90. The van der Waals surface area contributed by atoms with Crippen LogP contribution in [0.1, 0.15) is 10.4 Å². The summed E-state index contributed by atoms with van der Waals surface area (Å²) in [5.74, 6) is 0.0547. The van der Waals surface area contributed by atoms with Crippen LogP contribution < -0.4 is 5.32 Å². The van der Waals surface area contributed by atoms with Crippen LogP contribution >= 0.6 is 23.1 Å². The Morgan fingerprint density at radius 2 is 1.78 bits per heavy atom. The third-order valence-corrected chi connectivity index (χ3v) is 5.87. The zero-order chi connectivity index (χ0) is 18.6. The van der Waals surface area contributed by atoms with E-state index in [1.807, 2.05) is 42.5 Å². The zero-order valence-electron chi connectivity index (χ0n) is 14.1. The van der Waals surface area contributed by atoms with Gasteiger partial charge in [-0.2, -0.15) is 0 Å². The molecule has 7 heteroatoms. The van der Waals surface area contributed by atoms with Crippen molar-refractivity contribution in [1.82, 2.24) is 10.2 Å². The lowest BCUT2D eigenvalue weighted by molar-refractivity contribution is 0.102. The minimum absolute atomic E-state index is 0.0500. The molecule has 0 aliphatic heterocycles. The molecule has 4 rings (SSSR count). The van der Waals surface area contributed by atoms with Crippen molar-refractivity contribution in [3.63, 3.8) is 0 Å². The predicted octanol–water partition coefficient (Wildman–Crippen LogP) is 5.55. The van der Waals surface area contributed by atoms with Gasteiger partial charge in [-0.25, -0.2) is 4.39 Å². The first-order valence-corrected chi connectivity index (χ1v) is 9.98. The number of aromatic nitrogens is 2. The van der Waals surface area contributed by atoms with Crippen molar-refractivity contribution in [3.05, 3.63) is 78.1 Å². The first-order valence-electron chi connectivity index (χ1n) is 8.18. The average Bonchev–Trinajstić information content (AvgIpc) is 3.15. The Bertz CT molecular complexity index is 1100. The van der Waals surface area contributed by atoms with Crippen molar-refractivity contribution in [2.75, 3.05) is 11.1 Å². The highest BCUT2D eigenvalue weighted by molar-refractivity contribution is 8.01. The summed E-state index contributed by atoms with van der Waals surface area (Å²) in [6.45, 7) is 0. The summed E-state index contributed by atoms with van der Waals surface area (Å²) in [6.07, 6.45) is 0. The molecule has 0 amide bonds. The summed E-state index contributed by atoms with van der Waals surface area (Å²) in [7, 11) is 0. The molecular formula is C20H14FN3OS2. The number of ketones is 1. The molecule has 0 saturated carbocycles. The largest absolute Gasteiger partial charge is 0.330 e. The number of fused-ring (bicyclic) bond motifs is 1. The SMILES string of the molecule is O=C(CSc1nnc(Nc2ccc(F)cc2)s1)c1ccc2ccccc2c1. The lowest BCUT2D eigenvalue weighted by atomic mass is 10.1. The lowest BCUT2D eigenvalue weighted by Gasteiger charge is -2.02. The molecular weight excluding hydrogens is 381 g/mol. The van der Waals surface area contributed by atoms with E-state index in [2.05, 4.69) is 15.5 Å². The molecule has 4 nitrogen and oxygen atoms in total. The van der Waals surface area contributed by atoms with Crippen LogP contribution in [0.5, 0.6) is 0 Å². The van der Waals surface area contributed by atoms with Crippen LogP contribution in [0.25, 0.3) is 10.8 Å². The summed E-state index contributed by atoms with van der Waals surface area (Å²) in [4.78, 5) is 12.5. The number of thioether (sulfide) groups is 1. The minimum atomic E-state index is -0.290. The van der Waals surface area contributed by atoms with Crippen LogP contribution in [0.2, 0.25) is 0 Å². The number of carbonyl (C=O) groups excluding carboxylic acids is 1. The average molecular weight is 395 g/mol. The number of rotatable bonds is 6. The molecule has 27 heavy (non-hydrogen) atoms. The van der Waals surface area contributed by atoms with E-state index in [1.54, 1.807) is 12.1 Å². The standard InChI is InChI=1S/C20H14FN3OS2/c21-16-7-9-17(10-8-16)22-19-23-24-20(27-19)26-12-18(25)15-6-5-13-3-1-2-4-14(13)11-15/h1-11H,12H2,(H,22,23). The van der Waals surface area contributed by atoms with Gasteiger partial charge in [0.1, 0.15) is 5.82 Å². The van der Waals surface area contributed by atoms with Crippen molar-refractivity contribution in [2.45, 2.75) is 4.34 Å².